The molecule has 0 aliphatic heterocycles. The highest BCUT2D eigenvalue weighted by molar-refractivity contribution is 7.19. The number of hydrogen-bond acceptors (Lipinski definition) is 14. The molecule has 0 aliphatic rings. The maximum Gasteiger partial charge on any atom is 0.338 e. The number of aromatic nitrogens is 4. The maximum atomic E-state index is 14.4. The molecule has 2 heterocycles. The first-order valence-electron chi connectivity index (χ1n) is 19.9. The topological polar surface area (TPSA) is 175 Å². The van der Waals surface area contributed by atoms with Crippen molar-refractivity contribution in [3.63, 3.8) is 0 Å². The van der Waals surface area contributed by atoms with Crippen LogP contribution in [-0.4, -0.2) is 74.6 Å². The van der Waals surface area contributed by atoms with Crippen LogP contribution in [0.1, 0.15) is 63.7 Å². The van der Waals surface area contributed by atoms with Gasteiger partial charge in [-0.3, -0.25) is 0 Å². The first-order chi connectivity index (χ1) is 31.3. The summed E-state index contributed by atoms with van der Waals surface area (Å²) in [6, 6.07) is 49.0. The van der Waals surface area contributed by atoms with Crippen LogP contribution >= 0.6 is 11.3 Å². The highest BCUT2D eigenvalue weighted by Gasteiger charge is 2.48. The molecule has 8 rings (SSSR count). The zero-order valence-electron chi connectivity index (χ0n) is 33.6. The molecule has 0 unspecified atom stereocenters. The molecule has 0 spiro atoms. The lowest BCUT2D eigenvalue weighted by Gasteiger charge is -2.35. The number of benzene rings is 6. The van der Waals surface area contributed by atoms with Gasteiger partial charge >= 0.3 is 29.8 Å². The minimum absolute atomic E-state index is 0.0600. The van der Waals surface area contributed by atoms with E-state index in [0.29, 0.717) is 5.01 Å². The normalized spacial score (nSPS) is 12.8. The fraction of sp³-hybridized carbons (Fsp3) is 0.102. The average Bonchev–Trinajstić information content (AvgIpc) is 3.96. The molecule has 0 aliphatic carbocycles. The number of carbonyl (C=O) groups excluding carboxylic acids is 5. The van der Waals surface area contributed by atoms with Crippen molar-refractivity contribution < 1.29 is 47.7 Å². The number of rotatable bonds is 16. The summed E-state index contributed by atoms with van der Waals surface area (Å²) in [5.41, 5.74) is 1.23. The molecule has 0 bridgehead atoms. The number of hydrogen-bond donors (Lipinski definition) is 0. The summed E-state index contributed by atoms with van der Waals surface area (Å²) >= 11 is 1.18. The van der Waals surface area contributed by atoms with Gasteiger partial charge in [0.1, 0.15) is 11.6 Å². The SMILES string of the molecule is O=C(OC[C@@H](OC(=O)c1ccccc1)[C@H](OC(=O)c1ccccc1)[C@H](OC(=O)c1ccccc1)[C@@H](OC(=O)c1ccccc1)c1nnc2sc(-c3ccccc3)nn12)c1ccccc1. The standard InChI is InChI=1S/C49H36N4O10S/c54-44(33-21-9-2-10-22-33)59-31-38(60-45(55)34-23-11-3-12-24-34)39(61-46(56)35-25-13-4-14-26-35)40(62-47(57)36-27-15-5-16-28-36)41(63-48(58)37-29-17-6-18-30-37)42-50-51-49-53(42)52-43(64-49)32-19-7-1-8-20-32/h1-30,38-41H,31H2/t38-,39+,40+,41-/m1/s1. The van der Waals surface area contributed by atoms with Crippen molar-refractivity contribution in [1.82, 2.24) is 19.8 Å². The smallest absolute Gasteiger partial charge is 0.338 e. The number of ether oxygens (including phenoxy) is 5. The predicted octanol–water partition coefficient (Wildman–Crippen LogP) is 8.28. The van der Waals surface area contributed by atoms with Gasteiger partial charge < -0.3 is 23.7 Å². The van der Waals surface area contributed by atoms with Gasteiger partial charge in [-0.25, -0.2) is 24.0 Å². The Labute approximate surface area is 369 Å². The lowest BCUT2D eigenvalue weighted by Crippen LogP contribution is -2.51. The van der Waals surface area contributed by atoms with Crippen LogP contribution in [0.2, 0.25) is 0 Å². The Bertz CT molecular complexity index is 2850. The van der Waals surface area contributed by atoms with Crippen LogP contribution in [0.3, 0.4) is 0 Å². The molecule has 8 aromatic rings. The second-order valence-corrected chi connectivity index (χ2v) is 14.9. The minimum Gasteiger partial charge on any atom is -0.458 e. The molecule has 0 saturated heterocycles. The monoisotopic (exact) mass is 872 g/mol. The molecule has 6 aromatic carbocycles. The van der Waals surface area contributed by atoms with Crippen molar-refractivity contribution in [3.8, 4) is 10.6 Å². The Kier molecular flexibility index (Phi) is 13.3. The first-order valence-corrected chi connectivity index (χ1v) is 20.7. The molecule has 14 nitrogen and oxygen atoms in total. The summed E-state index contributed by atoms with van der Waals surface area (Å²) in [6.45, 7) is -0.748. The Morgan fingerprint density at radius 2 is 0.844 bits per heavy atom. The second-order valence-electron chi connectivity index (χ2n) is 14.0. The van der Waals surface area contributed by atoms with E-state index >= 15 is 0 Å². The number of fused-ring (bicyclic) bond motifs is 1. The molecule has 0 saturated carbocycles. The van der Waals surface area contributed by atoms with E-state index in [1.807, 2.05) is 30.3 Å². The molecular weight excluding hydrogens is 837 g/mol. The van der Waals surface area contributed by atoms with Crippen LogP contribution < -0.4 is 0 Å². The van der Waals surface area contributed by atoms with Crippen molar-refractivity contribution in [2.24, 2.45) is 0 Å². The van der Waals surface area contributed by atoms with Gasteiger partial charge in [0.2, 0.25) is 16.9 Å². The molecule has 0 amide bonds. The third kappa shape index (κ3) is 10.1. The van der Waals surface area contributed by atoms with E-state index in [4.69, 9.17) is 28.8 Å². The average molecular weight is 873 g/mol. The number of carbonyl (C=O) groups is 5. The Morgan fingerprint density at radius 1 is 0.453 bits per heavy atom. The summed E-state index contributed by atoms with van der Waals surface area (Å²) < 4.78 is 32.1. The van der Waals surface area contributed by atoms with Crippen molar-refractivity contribution in [3.05, 3.63) is 216 Å². The summed E-state index contributed by atoms with van der Waals surface area (Å²) in [5, 5.41) is 14.0. The predicted molar refractivity (Wildman–Crippen MR) is 232 cm³/mol. The van der Waals surface area contributed by atoms with Crippen LogP contribution in [0.25, 0.3) is 15.5 Å². The minimum atomic E-state index is -1.92. The molecule has 15 heteroatoms. The van der Waals surface area contributed by atoms with Gasteiger partial charge in [0.05, 0.1) is 27.8 Å². The fourth-order valence-corrected chi connectivity index (χ4v) is 7.36. The third-order valence-corrected chi connectivity index (χ3v) is 10.6. The summed E-state index contributed by atoms with van der Waals surface area (Å²) in [4.78, 5) is 70.7. The molecule has 0 N–H and O–H groups in total. The van der Waals surface area contributed by atoms with Gasteiger partial charge in [0.15, 0.2) is 18.3 Å². The van der Waals surface area contributed by atoms with Crippen molar-refractivity contribution in [2.75, 3.05) is 6.61 Å². The highest BCUT2D eigenvalue weighted by atomic mass is 32.1. The van der Waals surface area contributed by atoms with E-state index < -0.39 is 60.9 Å². The summed E-state index contributed by atoms with van der Waals surface area (Å²) in [6.07, 6.45) is -7.40. The molecule has 318 valence electrons. The quantitative estimate of drug-likeness (QED) is 0.0671. The molecule has 2 aromatic heterocycles. The van der Waals surface area contributed by atoms with Gasteiger partial charge in [-0.2, -0.15) is 9.61 Å². The fourth-order valence-electron chi connectivity index (χ4n) is 6.51. The molecule has 0 fully saturated rings. The van der Waals surface area contributed by atoms with Crippen LogP contribution in [-0.2, 0) is 23.7 Å². The van der Waals surface area contributed by atoms with Gasteiger partial charge in [0, 0.05) is 5.56 Å². The summed E-state index contributed by atoms with van der Waals surface area (Å²) in [5.74, 6) is -4.69. The van der Waals surface area contributed by atoms with E-state index in [1.165, 1.54) is 76.5 Å². The Balaban J connectivity index is 1.31. The Hall–Kier alpha value is -8.30. The van der Waals surface area contributed by atoms with Crippen LogP contribution in [0.4, 0.5) is 0 Å². The van der Waals surface area contributed by atoms with Gasteiger partial charge in [0.25, 0.3) is 0 Å². The van der Waals surface area contributed by atoms with Crippen molar-refractivity contribution in [1.29, 1.82) is 0 Å². The third-order valence-electron chi connectivity index (χ3n) is 9.68. The molecular formula is C49H36N4O10S. The van der Waals surface area contributed by atoms with E-state index in [9.17, 15) is 24.0 Å². The molecule has 64 heavy (non-hydrogen) atoms. The van der Waals surface area contributed by atoms with Gasteiger partial charge in [-0.1, -0.05) is 133 Å². The van der Waals surface area contributed by atoms with Crippen molar-refractivity contribution >= 4 is 46.1 Å². The largest absolute Gasteiger partial charge is 0.458 e. The van der Waals surface area contributed by atoms with E-state index in [0.717, 1.165) is 5.56 Å². The zero-order chi connectivity index (χ0) is 44.3. The zero-order valence-corrected chi connectivity index (χ0v) is 34.4. The van der Waals surface area contributed by atoms with E-state index in [2.05, 4.69) is 10.2 Å². The Morgan fingerprint density at radius 3 is 1.31 bits per heavy atom. The van der Waals surface area contributed by atoms with Crippen LogP contribution in [0, 0.1) is 0 Å². The van der Waals surface area contributed by atoms with Crippen LogP contribution in [0.5, 0.6) is 0 Å². The highest BCUT2D eigenvalue weighted by Crippen LogP contribution is 2.34. The van der Waals surface area contributed by atoms with Crippen molar-refractivity contribution in [2.45, 2.75) is 24.4 Å². The molecule has 4 atom stereocenters. The lowest BCUT2D eigenvalue weighted by atomic mass is 10.0. The van der Waals surface area contributed by atoms with Gasteiger partial charge in [-0.05, 0) is 60.7 Å². The number of esters is 5. The first kappa shape index (κ1) is 42.4. The van der Waals surface area contributed by atoms with E-state index in [-0.39, 0.29) is 38.6 Å². The molecule has 0 radical (unpaired) electrons. The summed E-state index contributed by atoms with van der Waals surface area (Å²) in [7, 11) is 0. The van der Waals surface area contributed by atoms with Crippen LogP contribution in [0.15, 0.2) is 182 Å². The van der Waals surface area contributed by atoms with E-state index in [1.54, 1.807) is 91.0 Å². The second kappa shape index (κ2) is 20.0. The maximum absolute atomic E-state index is 14.4. The lowest BCUT2D eigenvalue weighted by molar-refractivity contribution is -0.134. The number of nitrogens with zero attached hydrogens (tertiary/aromatic N) is 4. The van der Waals surface area contributed by atoms with Gasteiger partial charge in [-0.15, -0.1) is 10.2 Å².